The highest BCUT2D eigenvalue weighted by Crippen LogP contribution is 2.36. The predicted octanol–water partition coefficient (Wildman–Crippen LogP) is 2.48. The van der Waals surface area contributed by atoms with E-state index in [-0.39, 0.29) is 24.1 Å². The molecule has 122 valence electrons. The molecule has 1 aromatic carbocycles. The van der Waals surface area contributed by atoms with Crippen LogP contribution in [0.15, 0.2) is 18.2 Å². The van der Waals surface area contributed by atoms with Crippen molar-refractivity contribution in [3.05, 3.63) is 29.3 Å². The van der Waals surface area contributed by atoms with Gasteiger partial charge >= 0.3 is 6.03 Å². The van der Waals surface area contributed by atoms with Crippen LogP contribution in [0.5, 0.6) is 5.75 Å². The number of nitrogens with one attached hydrogen (secondary N) is 2. The van der Waals surface area contributed by atoms with E-state index in [0.29, 0.717) is 12.3 Å². The number of aliphatic hydroxyl groups excluding tert-OH is 1. The van der Waals surface area contributed by atoms with E-state index in [1.165, 1.54) is 0 Å². The lowest BCUT2D eigenvalue weighted by Gasteiger charge is -2.21. The number of aromatic hydroxyl groups is 1. The number of phenolic OH excluding ortho intramolecular Hbond substituents is 1. The maximum Gasteiger partial charge on any atom is 0.315 e. The zero-order valence-corrected chi connectivity index (χ0v) is 13.4. The number of aliphatic hydroxyl groups is 1. The summed E-state index contributed by atoms with van der Waals surface area (Å²) in [4.78, 5) is 12.0. The normalized spacial score (nSPS) is 17.1. The number of benzene rings is 1. The molecule has 22 heavy (non-hydrogen) atoms. The molecule has 1 atom stereocenters. The van der Waals surface area contributed by atoms with Crippen LogP contribution in [0.4, 0.5) is 4.79 Å². The van der Waals surface area contributed by atoms with Crippen molar-refractivity contribution in [3.63, 3.8) is 0 Å². The summed E-state index contributed by atoms with van der Waals surface area (Å²) < 4.78 is 0. The lowest BCUT2D eigenvalue weighted by Crippen LogP contribution is -2.38. The van der Waals surface area contributed by atoms with Crippen LogP contribution >= 0.6 is 0 Å². The Morgan fingerprint density at radius 2 is 2.18 bits per heavy atom. The van der Waals surface area contributed by atoms with Crippen LogP contribution in [0, 0.1) is 5.41 Å². The monoisotopic (exact) mass is 306 g/mol. The molecule has 0 aromatic heterocycles. The smallest absolute Gasteiger partial charge is 0.315 e. The number of carbonyl (C=O) groups excluding carboxylic acids is 1. The molecule has 2 rings (SSSR count). The Morgan fingerprint density at radius 3 is 2.91 bits per heavy atom. The lowest BCUT2D eigenvalue weighted by molar-refractivity contribution is 0.148. The van der Waals surface area contributed by atoms with E-state index >= 15 is 0 Å². The van der Waals surface area contributed by atoms with Crippen LogP contribution < -0.4 is 10.6 Å². The quantitative estimate of drug-likeness (QED) is 0.609. The number of fused-ring (bicyclic) bond motifs is 1. The molecule has 0 bridgehead atoms. The molecule has 0 radical (unpaired) electrons. The third-order valence-electron chi connectivity index (χ3n) is 4.30. The van der Waals surface area contributed by atoms with Gasteiger partial charge in [-0.05, 0) is 48.3 Å². The summed E-state index contributed by atoms with van der Waals surface area (Å²) >= 11 is 0. The van der Waals surface area contributed by atoms with Crippen LogP contribution in [0.3, 0.4) is 0 Å². The first-order valence-electron chi connectivity index (χ1n) is 7.89. The fourth-order valence-corrected chi connectivity index (χ4v) is 2.84. The van der Waals surface area contributed by atoms with Gasteiger partial charge in [-0.25, -0.2) is 4.79 Å². The van der Waals surface area contributed by atoms with Crippen molar-refractivity contribution in [3.8, 4) is 5.75 Å². The molecule has 1 aliphatic rings. The third-order valence-corrected chi connectivity index (χ3v) is 4.30. The van der Waals surface area contributed by atoms with E-state index in [1.807, 2.05) is 26.0 Å². The topological polar surface area (TPSA) is 81.6 Å². The second-order valence-electron chi connectivity index (χ2n) is 6.76. The van der Waals surface area contributed by atoms with Gasteiger partial charge in [0.25, 0.3) is 0 Å². The van der Waals surface area contributed by atoms with E-state index in [2.05, 4.69) is 10.6 Å². The molecule has 5 heteroatoms. The summed E-state index contributed by atoms with van der Waals surface area (Å²) in [6.45, 7) is 4.76. The van der Waals surface area contributed by atoms with Gasteiger partial charge in [0.2, 0.25) is 0 Å². The van der Waals surface area contributed by atoms with Crippen molar-refractivity contribution in [2.75, 3.05) is 13.2 Å². The van der Waals surface area contributed by atoms with Crippen LogP contribution in [-0.2, 0) is 6.42 Å². The second kappa shape index (κ2) is 7.01. The fourth-order valence-electron chi connectivity index (χ4n) is 2.84. The van der Waals surface area contributed by atoms with Crippen molar-refractivity contribution in [1.29, 1.82) is 0 Å². The van der Waals surface area contributed by atoms with E-state index in [4.69, 9.17) is 0 Å². The Morgan fingerprint density at radius 1 is 1.41 bits per heavy atom. The Balaban J connectivity index is 1.77. The summed E-state index contributed by atoms with van der Waals surface area (Å²) in [6.07, 6.45) is 3.31. The standard InChI is InChI=1S/C17H26N2O3/c1-17(2,11-20)9-4-10-18-16(22)19-14-8-7-13-12(14)5-3-6-15(13)21/h3,5-6,14,20-21H,4,7-11H2,1-2H3,(H2,18,19,22). The molecular weight excluding hydrogens is 280 g/mol. The molecule has 4 N–H and O–H groups in total. The van der Waals surface area contributed by atoms with Crippen molar-refractivity contribution < 1.29 is 15.0 Å². The van der Waals surface area contributed by atoms with Crippen LogP contribution in [0.1, 0.15) is 50.3 Å². The number of carbonyl (C=O) groups is 1. The largest absolute Gasteiger partial charge is 0.508 e. The zero-order valence-electron chi connectivity index (χ0n) is 13.4. The minimum atomic E-state index is -0.178. The van der Waals surface area contributed by atoms with Crippen molar-refractivity contribution >= 4 is 6.03 Å². The number of amides is 2. The molecule has 0 saturated carbocycles. The molecule has 5 nitrogen and oxygen atoms in total. The van der Waals surface area contributed by atoms with Gasteiger partial charge in [-0.3, -0.25) is 0 Å². The van der Waals surface area contributed by atoms with Crippen LogP contribution in [0.25, 0.3) is 0 Å². The molecule has 0 spiro atoms. The molecule has 1 aromatic rings. The molecule has 0 saturated heterocycles. The number of hydrogen-bond donors (Lipinski definition) is 4. The van der Waals surface area contributed by atoms with Gasteiger partial charge in [-0.1, -0.05) is 26.0 Å². The average Bonchev–Trinajstić information content (AvgIpc) is 2.88. The van der Waals surface area contributed by atoms with Crippen molar-refractivity contribution in [1.82, 2.24) is 10.6 Å². The Labute approximate surface area is 131 Å². The first kappa shape index (κ1) is 16.6. The zero-order chi connectivity index (χ0) is 16.2. The molecule has 1 unspecified atom stereocenters. The number of phenols is 1. The molecule has 1 aliphatic carbocycles. The van der Waals surface area contributed by atoms with Gasteiger partial charge in [0.05, 0.1) is 6.04 Å². The van der Waals surface area contributed by atoms with Crippen LogP contribution in [-0.4, -0.2) is 29.4 Å². The Kier molecular flexibility index (Phi) is 5.29. The molecule has 2 amide bonds. The Bertz CT molecular complexity index is 529. The average molecular weight is 306 g/mol. The number of hydrogen-bond acceptors (Lipinski definition) is 3. The lowest BCUT2D eigenvalue weighted by atomic mass is 9.89. The summed E-state index contributed by atoms with van der Waals surface area (Å²) in [5, 5.41) is 24.8. The number of urea groups is 1. The molecule has 0 fully saturated rings. The first-order chi connectivity index (χ1) is 10.4. The first-order valence-corrected chi connectivity index (χ1v) is 7.89. The highest BCUT2D eigenvalue weighted by Gasteiger charge is 2.25. The summed E-state index contributed by atoms with van der Waals surface area (Å²) in [5.41, 5.74) is 1.86. The summed E-state index contributed by atoms with van der Waals surface area (Å²) in [6, 6.07) is 5.24. The van der Waals surface area contributed by atoms with Crippen LogP contribution in [0.2, 0.25) is 0 Å². The minimum absolute atomic E-state index is 0.0315. The van der Waals surface area contributed by atoms with Crippen molar-refractivity contribution in [2.24, 2.45) is 5.41 Å². The highest BCUT2D eigenvalue weighted by atomic mass is 16.3. The summed E-state index contributed by atoms with van der Waals surface area (Å²) in [7, 11) is 0. The molecule has 0 aliphatic heterocycles. The molecular formula is C17H26N2O3. The van der Waals surface area contributed by atoms with Gasteiger partial charge in [-0.15, -0.1) is 0 Å². The SMILES string of the molecule is CC(C)(CO)CCCNC(=O)NC1CCc2c(O)cccc21. The predicted molar refractivity (Wildman–Crippen MR) is 85.8 cm³/mol. The van der Waals surface area contributed by atoms with E-state index < -0.39 is 0 Å². The van der Waals surface area contributed by atoms with Crippen molar-refractivity contribution in [2.45, 2.75) is 45.6 Å². The third kappa shape index (κ3) is 4.13. The van der Waals surface area contributed by atoms with Gasteiger partial charge < -0.3 is 20.8 Å². The van der Waals surface area contributed by atoms with Gasteiger partial charge in [0.15, 0.2) is 0 Å². The van der Waals surface area contributed by atoms with Gasteiger partial charge in [-0.2, -0.15) is 0 Å². The minimum Gasteiger partial charge on any atom is -0.508 e. The van der Waals surface area contributed by atoms with E-state index in [1.54, 1.807) is 6.07 Å². The maximum absolute atomic E-state index is 12.0. The molecule has 0 heterocycles. The maximum atomic E-state index is 12.0. The highest BCUT2D eigenvalue weighted by molar-refractivity contribution is 5.74. The Hall–Kier alpha value is -1.75. The summed E-state index contributed by atoms with van der Waals surface area (Å²) in [5.74, 6) is 0.313. The van der Waals surface area contributed by atoms with Gasteiger partial charge in [0.1, 0.15) is 5.75 Å². The second-order valence-corrected chi connectivity index (χ2v) is 6.76. The fraction of sp³-hybridized carbons (Fsp3) is 0.588. The van der Waals surface area contributed by atoms with Gasteiger partial charge in [0, 0.05) is 13.2 Å². The van der Waals surface area contributed by atoms with E-state index in [9.17, 15) is 15.0 Å². The van der Waals surface area contributed by atoms with E-state index in [0.717, 1.165) is 36.8 Å². The number of rotatable bonds is 6.